The number of hydrogen-bond donors (Lipinski definition) is 1. The zero-order chi connectivity index (χ0) is 20.1. The van der Waals surface area contributed by atoms with Crippen LogP contribution in [0.25, 0.3) is 0 Å². The van der Waals surface area contributed by atoms with Crippen LogP contribution in [0.1, 0.15) is 0 Å². The molecular weight excluding hydrogens is 372 g/mol. The van der Waals surface area contributed by atoms with Gasteiger partial charge < -0.3 is 29.5 Å². The summed E-state index contributed by atoms with van der Waals surface area (Å²) in [6.45, 7) is 5.83. The lowest BCUT2D eigenvalue weighted by molar-refractivity contribution is 0.122. The molecule has 4 rings (SSSR count). The van der Waals surface area contributed by atoms with Gasteiger partial charge in [0.05, 0.1) is 20.3 Å². The van der Waals surface area contributed by atoms with Crippen LogP contribution in [0.15, 0.2) is 36.4 Å². The first-order chi connectivity index (χ1) is 14.2. The van der Waals surface area contributed by atoms with E-state index in [1.807, 2.05) is 35.2 Å². The third kappa shape index (κ3) is 4.68. The van der Waals surface area contributed by atoms with Gasteiger partial charge in [-0.3, -0.25) is 0 Å². The van der Waals surface area contributed by atoms with Crippen molar-refractivity contribution in [3.63, 3.8) is 0 Å². The molecule has 0 spiro atoms. The maximum absolute atomic E-state index is 12.5. The fourth-order valence-electron chi connectivity index (χ4n) is 3.49. The molecule has 2 aliphatic heterocycles. The Balaban J connectivity index is 1.30. The van der Waals surface area contributed by atoms with E-state index >= 15 is 0 Å². The summed E-state index contributed by atoms with van der Waals surface area (Å²) < 4.78 is 10.6. The van der Waals surface area contributed by atoms with Crippen molar-refractivity contribution in [2.24, 2.45) is 0 Å². The molecule has 0 atom stereocenters. The third-order valence-electron chi connectivity index (χ3n) is 5.18. The van der Waals surface area contributed by atoms with Crippen molar-refractivity contribution in [2.45, 2.75) is 0 Å². The SMILES string of the molecule is COc1cccc(NC(=O)N2CCN(c3ccc(N4CCOCC4)nn3)CC2)c1. The Morgan fingerprint density at radius 2 is 1.62 bits per heavy atom. The second-order valence-electron chi connectivity index (χ2n) is 6.99. The number of nitrogens with one attached hydrogen (secondary N) is 1. The highest BCUT2D eigenvalue weighted by Gasteiger charge is 2.22. The number of amides is 2. The number of rotatable bonds is 4. The number of methoxy groups -OCH3 is 1. The number of carbonyl (C=O) groups excluding carboxylic acids is 1. The predicted molar refractivity (Wildman–Crippen MR) is 111 cm³/mol. The van der Waals surface area contributed by atoms with E-state index in [0.29, 0.717) is 18.8 Å². The summed E-state index contributed by atoms with van der Waals surface area (Å²) in [7, 11) is 1.61. The quantitative estimate of drug-likeness (QED) is 0.839. The van der Waals surface area contributed by atoms with Crippen molar-refractivity contribution in [2.75, 3.05) is 74.7 Å². The van der Waals surface area contributed by atoms with Gasteiger partial charge in [-0.05, 0) is 24.3 Å². The number of urea groups is 1. The number of aromatic nitrogens is 2. The fraction of sp³-hybridized carbons (Fsp3) is 0.450. The first-order valence-electron chi connectivity index (χ1n) is 9.84. The average Bonchev–Trinajstić information content (AvgIpc) is 2.80. The lowest BCUT2D eigenvalue weighted by Crippen LogP contribution is -2.50. The Bertz CT molecular complexity index is 817. The van der Waals surface area contributed by atoms with Crippen LogP contribution >= 0.6 is 0 Å². The minimum absolute atomic E-state index is 0.105. The van der Waals surface area contributed by atoms with Gasteiger partial charge in [0.25, 0.3) is 0 Å². The van der Waals surface area contributed by atoms with E-state index in [2.05, 4.69) is 25.3 Å². The first-order valence-corrected chi connectivity index (χ1v) is 9.84. The number of benzene rings is 1. The summed E-state index contributed by atoms with van der Waals surface area (Å²) in [4.78, 5) is 18.7. The summed E-state index contributed by atoms with van der Waals surface area (Å²) in [6, 6.07) is 11.3. The number of ether oxygens (including phenoxy) is 2. The van der Waals surface area contributed by atoms with E-state index in [1.54, 1.807) is 13.2 Å². The smallest absolute Gasteiger partial charge is 0.321 e. The van der Waals surface area contributed by atoms with Crippen LogP contribution in [0.3, 0.4) is 0 Å². The van der Waals surface area contributed by atoms with Crippen LogP contribution in [0.2, 0.25) is 0 Å². The predicted octanol–water partition coefficient (Wildman–Crippen LogP) is 1.68. The van der Waals surface area contributed by atoms with Crippen LogP contribution in [0, 0.1) is 0 Å². The summed E-state index contributed by atoms with van der Waals surface area (Å²) in [5, 5.41) is 11.7. The molecule has 0 bridgehead atoms. The van der Waals surface area contributed by atoms with Crippen molar-refractivity contribution >= 4 is 23.4 Å². The highest BCUT2D eigenvalue weighted by molar-refractivity contribution is 5.89. The summed E-state index contributed by atoms with van der Waals surface area (Å²) in [5.74, 6) is 2.44. The van der Waals surface area contributed by atoms with E-state index in [-0.39, 0.29) is 6.03 Å². The average molecular weight is 398 g/mol. The second-order valence-corrected chi connectivity index (χ2v) is 6.99. The molecule has 154 valence electrons. The first kappa shape index (κ1) is 19.3. The molecule has 2 aliphatic rings. The summed E-state index contributed by atoms with van der Waals surface area (Å²) >= 11 is 0. The number of morpholine rings is 1. The lowest BCUT2D eigenvalue weighted by Gasteiger charge is -2.35. The van der Waals surface area contributed by atoms with E-state index in [4.69, 9.17) is 9.47 Å². The van der Waals surface area contributed by atoms with Gasteiger partial charge >= 0.3 is 6.03 Å². The number of carbonyl (C=O) groups is 1. The number of nitrogens with zero attached hydrogens (tertiary/aromatic N) is 5. The molecular formula is C20H26N6O3. The fourth-order valence-corrected chi connectivity index (χ4v) is 3.49. The van der Waals surface area contributed by atoms with Crippen LogP contribution in [0.4, 0.5) is 22.1 Å². The molecule has 0 aliphatic carbocycles. The molecule has 0 radical (unpaired) electrons. The van der Waals surface area contributed by atoms with E-state index in [0.717, 1.165) is 56.7 Å². The summed E-state index contributed by atoms with van der Waals surface area (Å²) in [5.41, 5.74) is 0.723. The van der Waals surface area contributed by atoms with E-state index in [9.17, 15) is 4.79 Å². The number of piperazine rings is 1. The standard InChI is InChI=1S/C20H26N6O3/c1-28-17-4-2-3-16(15-17)21-20(27)26-9-7-24(8-10-26)18-5-6-19(23-22-18)25-11-13-29-14-12-25/h2-6,15H,7-14H2,1H3,(H,21,27). The maximum atomic E-state index is 12.5. The van der Waals surface area contributed by atoms with Crippen LogP contribution < -0.4 is 19.9 Å². The molecule has 2 aromatic rings. The molecule has 1 aromatic carbocycles. The van der Waals surface area contributed by atoms with Crippen molar-refractivity contribution in [1.82, 2.24) is 15.1 Å². The van der Waals surface area contributed by atoms with Gasteiger partial charge in [0.2, 0.25) is 0 Å². The van der Waals surface area contributed by atoms with E-state index in [1.165, 1.54) is 0 Å². The molecule has 29 heavy (non-hydrogen) atoms. The van der Waals surface area contributed by atoms with Crippen LogP contribution in [-0.2, 0) is 4.74 Å². The largest absolute Gasteiger partial charge is 0.497 e. The van der Waals surface area contributed by atoms with Crippen LogP contribution in [0.5, 0.6) is 5.75 Å². The molecule has 2 amide bonds. The molecule has 2 fully saturated rings. The molecule has 9 nitrogen and oxygen atoms in total. The molecule has 9 heteroatoms. The van der Waals surface area contributed by atoms with Gasteiger partial charge in [-0.15, -0.1) is 10.2 Å². The Kier molecular flexibility index (Phi) is 5.95. The Morgan fingerprint density at radius 3 is 2.24 bits per heavy atom. The zero-order valence-corrected chi connectivity index (χ0v) is 16.6. The lowest BCUT2D eigenvalue weighted by atomic mass is 10.3. The van der Waals surface area contributed by atoms with Crippen molar-refractivity contribution in [3.8, 4) is 5.75 Å². The molecule has 0 unspecified atom stereocenters. The topological polar surface area (TPSA) is 83.1 Å². The monoisotopic (exact) mass is 398 g/mol. The highest BCUT2D eigenvalue weighted by atomic mass is 16.5. The maximum Gasteiger partial charge on any atom is 0.321 e. The Labute approximate surface area is 170 Å². The normalized spacial score (nSPS) is 17.2. The minimum Gasteiger partial charge on any atom is -0.497 e. The molecule has 1 aromatic heterocycles. The van der Waals surface area contributed by atoms with Crippen LogP contribution in [-0.4, -0.2) is 80.7 Å². The highest BCUT2D eigenvalue weighted by Crippen LogP contribution is 2.19. The number of hydrogen-bond acceptors (Lipinski definition) is 7. The van der Waals surface area contributed by atoms with Gasteiger partial charge in [0.1, 0.15) is 5.75 Å². The van der Waals surface area contributed by atoms with E-state index < -0.39 is 0 Å². The van der Waals surface area contributed by atoms with Gasteiger partial charge in [0.15, 0.2) is 11.6 Å². The molecule has 3 heterocycles. The van der Waals surface area contributed by atoms with Crippen molar-refractivity contribution in [1.29, 1.82) is 0 Å². The minimum atomic E-state index is -0.105. The Hall–Kier alpha value is -3.07. The molecule has 1 N–H and O–H groups in total. The molecule has 2 saturated heterocycles. The van der Waals surface area contributed by atoms with Crippen molar-refractivity contribution < 1.29 is 14.3 Å². The zero-order valence-electron chi connectivity index (χ0n) is 16.6. The Morgan fingerprint density at radius 1 is 0.966 bits per heavy atom. The summed E-state index contributed by atoms with van der Waals surface area (Å²) in [6.07, 6.45) is 0. The third-order valence-corrected chi connectivity index (χ3v) is 5.18. The second kappa shape index (κ2) is 8.95. The van der Waals surface area contributed by atoms with Gasteiger partial charge in [-0.25, -0.2) is 4.79 Å². The number of anilines is 3. The molecule has 0 saturated carbocycles. The van der Waals surface area contributed by atoms with Gasteiger partial charge in [-0.2, -0.15) is 0 Å². The van der Waals surface area contributed by atoms with Gasteiger partial charge in [-0.1, -0.05) is 6.07 Å². The van der Waals surface area contributed by atoms with Gasteiger partial charge in [0, 0.05) is 51.0 Å². The van der Waals surface area contributed by atoms with Crippen molar-refractivity contribution in [3.05, 3.63) is 36.4 Å².